The highest BCUT2D eigenvalue weighted by molar-refractivity contribution is 5.93. The molecule has 0 bridgehead atoms. The largest absolute Gasteiger partial charge is 0.467 e. The average molecular weight is 956 g/mol. The Kier molecular flexibility index (Phi) is 16.9. The number of methoxy groups -OCH3 is 1. The van der Waals surface area contributed by atoms with E-state index in [2.05, 4.69) is 135 Å². The number of nitrogens with one attached hydrogen (secondary N) is 2. The Morgan fingerprint density at radius 1 is 1.10 bits per heavy atom. The summed E-state index contributed by atoms with van der Waals surface area (Å²) in [6, 6.07) is 14.1. The Morgan fingerprint density at radius 2 is 1.89 bits per heavy atom. The van der Waals surface area contributed by atoms with Gasteiger partial charge in [0.05, 0.1) is 32.0 Å². The number of carbonyl (C=O) groups excluding carboxylic acids is 3. The zero-order chi connectivity index (χ0) is 50.3. The first-order valence-electron chi connectivity index (χ1n) is 25.4. The molecule has 4 aliphatic heterocycles. The van der Waals surface area contributed by atoms with E-state index in [0.29, 0.717) is 42.8 Å². The standard InChI is InChI=1S/C57H78N8O5/c1-12-40(4)62-28-21-44(35-62)36-65(10)41(5)54(65)55(67)60-51(56(68)64-25-15-14-24-59-64)30-43-17-16-18-46(29-43)47-19-20-52-48(31-47)49(33-57(7,8)37-70-38-66)53(63(52)13-2)32-50(42(6)69-11)58-34-39(3)45-22-26-61(9)27-23-45/h12,16-20,22,29,31-32,34,38,41-42,44,51,54,59H,1,3-4,13-15,21,23-28,30,33,35-37H2,2,5-11H3/p+1/b50-32+,58-34?/t41?,42?,44-,51?,54?,65?/m0/s1. The van der Waals surface area contributed by atoms with Crippen LogP contribution in [0.1, 0.15) is 77.1 Å². The zero-order valence-electron chi connectivity index (χ0n) is 43.3. The molecule has 5 unspecified atom stereocenters. The minimum atomic E-state index is -0.741. The number of rotatable bonds is 22. The van der Waals surface area contributed by atoms with E-state index in [1.165, 1.54) is 5.57 Å². The van der Waals surface area contributed by atoms with Crippen LogP contribution in [0.2, 0.25) is 0 Å². The van der Waals surface area contributed by atoms with E-state index in [-0.39, 0.29) is 42.0 Å². The molecule has 0 aliphatic carbocycles. The quantitative estimate of drug-likeness (QED) is 0.0346. The average Bonchev–Trinajstić information content (AvgIpc) is 3.59. The molecule has 3 aromatic rings. The first-order valence-corrected chi connectivity index (χ1v) is 25.4. The summed E-state index contributed by atoms with van der Waals surface area (Å²) in [6.07, 6.45) is 12.6. The number of nitrogens with zero attached hydrogens (tertiary/aromatic N) is 6. The van der Waals surface area contributed by atoms with Gasteiger partial charge in [0.1, 0.15) is 12.1 Å². The molecule has 5 heterocycles. The molecule has 2 amide bonds. The molecule has 13 nitrogen and oxygen atoms in total. The smallest absolute Gasteiger partial charge is 0.293 e. The summed E-state index contributed by atoms with van der Waals surface area (Å²) < 4.78 is 14.3. The van der Waals surface area contributed by atoms with E-state index < -0.39 is 6.04 Å². The first kappa shape index (κ1) is 52.2. The van der Waals surface area contributed by atoms with Crippen LogP contribution >= 0.6 is 0 Å². The Bertz CT molecular complexity index is 2530. The number of amides is 2. The second-order valence-electron chi connectivity index (χ2n) is 21.1. The van der Waals surface area contributed by atoms with Gasteiger partial charge in [0.2, 0.25) is 6.04 Å². The zero-order valence-corrected chi connectivity index (χ0v) is 43.3. The van der Waals surface area contributed by atoms with Crippen molar-refractivity contribution < 1.29 is 28.3 Å². The number of aliphatic imine (C=N–C) groups is 1. The normalized spacial score (nSPS) is 23.0. The van der Waals surface area contributed by atoms with Gasteiger partial charge < -0.3 is 33.6 Å². The Balaban J connectivity index is 1.20. The Morgan fingerprint density at radius 3 is 2.57 bits per heavy atom. The summed E-state index contributed by atoms with van der Waals surface area (Å²) in [5.74, 6) is 0.277. The maximum atomic E-state index is 14.4. The van der Waals surface area contributed by atoms with Crippen molar-refractivity contribution in [1.82, 2.24) is 30.1 Å². The van der Waals surface area contributed by atoms with E-state index >= 15 is 0 Å². The van der Waals surface area contributed by atoms with Gasteiger partial charge in [0, 0.05) is 99.2 Å². The number of allylic oxidation sites excluding steroid dienone is 2. The SMILES string of the molecule is C=CC(=C)N1CC[C@H](C[N+]2(C)C(C)C2C(=O)NC(Cc2cccc(-c3ccc4c(c3)c(CC(C)(C)COC=O)c(/C=C(/N=CC(=C)C3=CCN(C)CC3)C(C)OC)n4CC)c2)C(=O)N2CCCCN2)C1. The lowest BCUT2D eigenvalue weighted by Gasteiger charge is -2.31. The third-order valence-electron chi connectivity index (χ3n) is 15.4. The van der Waals surface area contributed by atoms with E-state index in [1.807, 2.05) is 25.3 Å². The first-order chi connectivity index (χ1) is 33.5. The van der Waals surface area contributed by atoms with Gasteiger partial charge in [0.15, 0.2) is 0 Å². The van der Waals surface area contributed by atoms with Crippen molar-refractivity contribution in [3.8, 4) is 11.1 Å². The van der Waals surface area contributed by atoms with Crippen molar-refractivity contribution in [2.75, 3.05) is 73.6 Å². The van der Waals surface area contributed by atoms with Gasteiger partial charge in [-0.1, -0.05) is 70.0 Å². The molecule has 4 aliphatic rings. The second kappa shape index (κ2) is 22.6. The fraction of sp³-hybridized carbons (Fsp3) is 0.509. The summed E-state index contributed by atoms with van der Waals surface area (Å²) in [6.45, 7) is 30.4. The Labute approximate surface area is 417 Å². The molecule has 3 saturated heterocycles. The predicted octanol–water partition coefficient (Wildman–Crippen LogP) is 7.73. The van der Waals surface area contributed by atoms with Crippen molar-refractivity contribution in [1.29, 1.82) is 0 Å². The van der Waals surface area contributed by atoms with Crippen LogP contribution in [0.15, 0.2) is 102 Å². The summed E-state index contributed by atoms with van der Waals surface area (Å²) in [5.41, 5.74) is 13.0. The molecule has 0 radical (unpaired) electrons. The van der Waals surface area contributed by atoms with Gasteiger partial charge >= 0.3 is 0 Å². The number of aryl methyl sites for hydroxylation is 1. The van der Waals surface area contributed by atoms with Gasteiger partial charge in [-0.3, -0.25) is 24.4 Å². The molecule has 2 aromatic carbocycles. The van der Waals surface area contributed by atoms with Crippen LogP contribution in [0.3, 0.4) is 0 Å². The molecule has 13 heteroatoms. The maximum Gasteiger partial charge on any atom is 0.293 e. The molecule has 376 valence electrons. The lowest BCUT2D eigenvalue weighted by Crippen LogP contribution is -2.57. The van der Waals surface area contributed by atoms with Crippen molar-refractivity contribution >= 4 is 41.5 Å². The third kappa shape index (κ3) is 11.9. The summed E-state index contributed by atoms with van der Waals surface area (Å²) >= 11 is 0. The number of likely N-dealkylation sites (N-methyl/N-ethyl adjacent to an activating group) is 2. The van der Waals surface area contributed by atoms with Crippen molar-refractivity contribution in [2.45, 2.75) is 104 Å². The highest BCUT2D eigenvalue weighted by Crippen LogP contribution is 2.41. The van der Waals surface area contributed by atoms with Crippen LogP contribution in [-0.2, 0) is 43.2 Å². The van der Waals surface area contributed by atoms with Crippen LogP contribution in [0.4, 0.5) is 0 Å². The topological polar surface area (TPSA) is 121 Å². The molecular formula is C57H79N8O5+. The van der Waals surface area contributed by atoms with Crippen LogP contribution in [0.5, 0.6) is 0 Å². The lowest BCUT2D eigenvalue weighted by molar-refractivity contribution is -0.803. The Hall–Kier alpha value is -5.60. The second-order valence-corrected chi connectivity index (χ2v) is 21.1. The van der Waals surface area contributed by atoms with E-state index in [9.17, 15) is 14.4 Å². The molecule has 2 N–H and O–H groups in total. The van der Waals surface area contributed by atoms with Crippen LogP contribution in [0.25, 0.3) is 28.1 Å². The third-order valence-corrected chi connectivity index (χ3v) is 15.4. The van der Waals surface area contributed by atoms with Crippen molar-refractivity contribution in [3.05, 3.63) is 114 Å². The molecule has 70 heavy (non-hydrogen) atoms. The minimum absolute atomic E-state index is 0.0649. The number of hydrogen-bond donors (Lipinski definition) is 2. The number of likely N-dealkylation sites (tertiary alicyclic amines) is 1. The van der Waals surface area contributed by atoms with Crippen molar-refractivity contribution in [3.63, 3.8) is 0 Å². The highest BCUT2D eigenvalue weighted by atomic mass is 16.5. The van der Waals surface area contributed by atoms with Gasteiger partial charge in [0.25, 0.3) is 18.3 Å². The number of aromatic nitrogens is 1. The number of ether oxygens (including phenoxy) is 2. The fourth-order valence-electron chi connectivity index (χ4n) is 11.0. The molecule has 0 spiro atoms. The number of carbonyl (C=O) groups is 3. The number of fused-ring (bicyclic) bond motifs is 1. The molecule has 0 saturated carbocycles. The molecule has 7 rings (SSSR count). The van der Waals surface area contributed by atoms with Crippen LogP contribution in [-0.4, -0.2) is 146 Å². The van der Waals surface area contributed by atoms with E-state index in [4.69, 9.17) is 14.5 Å². The van der Waals surface area contributed by atoms with Gasteiger partial charge in [-0.05, 0) is 118 Å². The molecule has 1 aromatic heterocycles. The number of quaternary nitrogens is 1. The molecule has 3 fully saturated rings. The fourth-order valence-corrected chi connectivity index (χ4v) is 11.0. The molecular weight excluding hydrogens is 877 g/mol. The summed E-state index contributed by atoms with van der Waals surface area (Å²) in [5, 5.41) is 6.08. The minimum Gasteiger partial charge on any atom is -0.467 e. The van der Waals surface area contributed by atoms with Crippen LogP contribution in [0, 0.1) is 11.3 Å². The van der Waals surface area contributed by atoms with Crippen LogP contribution < -0.4 is 10.7 Å². The summed E-state index contributed by atoms with van der Waals surface area (Å²) in [4.78, 5) is 49.7. The highest BCUT2D eigenvalue weighted by Gasteiger charge is 2.65. The summed E-state index contributed by atoms with van der Waals surface area (Å²) in [7, 11) is 6.01. The maximum absolute atomic E-state index is 14.4. The van der Waals surface area contributed by atoms with Gasteiger partial charge in [-0.15, -0.1) is 0 Å². The molecule has 6 atom stereocenters. The number of hydrogen-bond acceptors (Lipinski definition) is 9. The van der Waals surface area contributed by atoms with E-state index in [0.717, 1.165) is 121 Å². The predicted molar refractivity (Wildman–Crippen MR) is 283 cm³/mol. The number of benzene rings is 2. The van der Waals surface area contributed by atoms with Gasteiger partial charge in [-0.2, -0.15) is 0 Å². The van der Waals surface area contributed by atoms with Crippen molar-refractivity contribution in [2.24, 2.45) is 16.3 Å². The number of hydrazine groups is 1. The van der Waals surface area contributed by atoms with E-state index in [1.54, 1.807) is 12.1 Å². The monoisotopic (exact) mass is 956 g/mol. The van der Waals surface area contributed by atoms with Gasteiger partial charge in [-0.25, -0.2) is 5.43 Å². The lowest BCUT2D eigenvalue weighted by atomic mass is 9.85.